The molecule has 0 spiro atoms. The molecule has 2 aromatic carbocycles. The number of benzene rings is 2. The van der Waals surface area contributed by atoms with Gasteiger partial charge in [0, 0.05) is 24.6 Å². The maximum atomic E-state index is 11.9. The van der Waals surface area contributed by atoms with Crippen LogP contribution in [0.1, 0.15) is 25.3 Å². The van der Waals surface area contributed by atoms with Crippen LogP contribution in [0, 0.1) is 6.92 Å². The number of amides is 1. The lowest BCUT2D eigenvalue weighted by Gasteiger charge is -2.06. The summed E-state index contributed by atoms with van der Waals surface area (Å²) >= 11 is 1.66. The second-order valence-corrected chi connectivity index (χ2v) is 7.09. The van der Waals surface area contributed by atoms with E-state index in [1.165, 1.54) is 17.2 Å². The van der Waals surface area contributed by atoms with Crippen LogP contribution < -0.4 is 5.32 Å². The highest BCUT2D eigenvalue weighted by atomic mass is 32.1. The molecule has 0 radical (unpaired) electrons. The Kier molecular flexibility index (Phi) is 5.63. The third-order valence-corrected chi connectivity index (χ3v) is 4.88. The maximum Gasteiger partial charge on any atom is 0.302 e. The lowest BCUT2D eigenvalue weighted by molar-refractivity contribution is -0.141. The van der Waals surface area contributed by atoms with E-state index < -0.39 is 0 Å². The van der Waals surface area contributed by atoms with Crippen LogP contribution in [0.4, 0.5) is 5.69 Å². The molecule has 1 amide bonds. The van der Waals surface area contributed by atoms with Crippen LogP contribution in [0.25, 0.3) is 20.8 Å². The lowest BCUT2D eigenvalue weighted by atomic mass is 10.2. The fourth-order valence-electron chi connectivity index (χ4n) is 2.52. The molecule has 1 heterocycles. The Balaban J connectivity index is 1.60. The fraction of sp³-hybridized carbons (Fsp3) is 0.250. The van der Waals surface area contributed by atoms with Gasteiger partial charge in [-0.2, -0.15) is 0 Å². The van der Waals surface area contributed by atoms with Crippen LogP contribution in [-0.4, -0.2) is 23.5 Å². The highest BCUT2D eigenvalue weighted by Gasteiger charge is 2.08. The van der Waals surface area contributed by atoms with Gasteiger partial charge in [0.25, 0.3) is 0 Å². The molecular weight excluding hydrogens is 348 g/mol. The van der Waals surface area contributed by atoms with Gasteiger partial charge in [-0.3, -0.25) is 9.59 Å². The Labute approximate surface area is 156 Å². The Bertz CT molecular complexity index is 932. The van der Waals surface area contributed by atoms with Gasteiger partial charge in [0.1, 0.15) is 5.01 Å². The van der Waals surface area contributed by atoms with Gasteiger partial charge in [-0.05, 0) is 55.3 Å². The van der Waals surface area contributed by atoms with Crippen molar-refractivity contribution in [1.82, 2.24) is 4.98 Å². The molecule has 26 heavy (non-hydrogen) atoms. The van der Waals surface area contributed by atoms with Crippen molar-refractivity contribution in [2.45, 2.75) is 26.7 Å². The SMILES string of the molecule is CC(=O)OCCCC(=O)Nc1ccc(-c2nc3ccc(C)cc3s2)cc1. The number of fused-ring (bicyclic) bond motifs is 1. The van der Waals surface area contributed by atoms with Crippen molar-refractivity contribution >= 4 is 39.1 Å². The Morgan fingerprint density at radius 1 is 1.15 bits per heavy atom. The van der Waals surface area contributed by atoms with Gasteiger partial charge in [-0.25, -0.2) is 4.98 Å². The quantitative estimate of drug-likeness (QED) is 0.512. The van der Waals surface area contributed by atoms with Crippen LogP contribution in [0.3, 0.4) is 0 Å². The number of hydrogen-bond acceptors (Lipinski definition) is 5. The van der Waals surface area contributed by atoms with E-state index >= 15 is 0 Å². The van der Waals surface area contributed by atoms with Crippen molar-refractivity contribution in [2.24, 2.45) is 0 Å². The van der Waals surface area contributed by atoms with Crippen molar-refractivity contribution in [2.75, 3.05) is 11.9 Å². The maximum absolute atomic E-state index is 11.9. The summed E-state index contributed by atoms with van der Waals surface area (Å²) in [5.41, 5.74) is 3.99. The zero-order valence-corrected chi connectivity index (χ0v) is 15.6. The number of aromatic nitrogens is 1. The summed E-state index contributed by atoms with van der Waals surface area (Å²) in [6.45, 7) is 3.69. The summed E-state index contributed by atoms with van der Waals surface area (Å²) in [6.07, 6.45) is 0.820. The van der Waals surface area contributed by atoms with E-state index in [1.54, 1.807) is 11.3 Å². The molecule has 0 saturated heterocycles. The second kappa shape index (κ2) is 8.10. The molecule has 6 heteroatoms. The Morgan fingerprint density at radius 2 is 1.92 bits per heavy atom. The number of ether oxygens (including phenoxy) is 1. The first-order valence-electron chi connectivity index (χ1n) is 8.42. The Morgan fingerprint density at radius 3 is 2.65 bits per heavy atom. The summed E-state index contributed by atoms with van der Waals surface area (Å²) in [5, 5.41) is 3.81. The first-order chi connectivity index (χ1) is 12.5. The van der Waals surface area contributed by atoms with Gasteiger partial charge in [-0.15, -0.1) is 11.3 Å². The minimum Gasteiger partial charge on any atom is -0.466 e. The number of thiazole rings is 1. The average Bonchev–Trinajstić information content (AvgIpc) is 3.02. The van der Waals surface area contributed by atoms with E-state index in [2.05, 4.69) is 29.4 Å². The van der Waals surface area contributed by atoms with Gasteiger partial charge >= 0.3 is 5.97 Å². The smallest absolute Gasteiger partial charge is 0.302 e. The largest absolute Gasteiger partial charge is 0.466 e. The van der Waals surface area contributed by atoms with Crippen LogP contribution in [0.15, 0.2) is 42.5 Å². The molecule has 0 aliphatic rings. The molecule has 0 aliphatic heterocycles. The summed E-state index contributed by atoms with van der Waals surface area (Å²) in [6, 6.07) is 13.9. The first-order valence-corrected chi connectivity index (χ1v) is 9.24. The van der Waals surface area contributed by atoms with E-state index in [4.69, 9.17) is 4.74 Å². The number of carbonyl (C=O) groups is 2. The number of anilines is 1. The van der Waals surface area contributed by atoms with Crippen LogP contribution >= 0.6 is 11.3 Å². The number of carbonyl (C=O) groups excluding carboxylic acids is 2. The average molecular weight is 368 g/mol. The zero-order valence-electron chi connectivity index (χ0n) is 14.7. The summed E-state index contributed by atoms with van der Waals surface area (Å²) in [4.78, 5) is 27.2. The third-order valence-electron chi connectivity index (χ3n) is 3.81. The molecule has 0 aliphatic carbocycles. The molecule has 0 unspecified atom stereocenters. The normalized spacial score (nSPS) is 10.7. The van der Waals surface area contributed by atoms with Crippen molar-refractivity contribution in [3.8, 4) is 10.6 Å². The van der Waals surface area contributed by atoms with E-state index in [1.807, 2.05) is 30.3 Å². The first kappa shape index (κ1) is 18.1. The van der Waals surface area contributed by atoms with Crippen LogP contribution in [0.2, 0.25) is 0 Å². The molecule has 0 atom stereocenters. The molecule has 5 nitrogen and oxygen atoms in total. The van der Waals surface area contributed by atoms with E-state index in [0.717, 1.165) is 21.8 Å². The van der Waals surface area contributed by atoms with Crippen molar-refractivity contribution in [1.29, 1.82) is 0 Å². The fourth-order valence-corrected chi connectivity index (χ4v) is 3.59. The highest BCUT2D eigenvalue weighted by molar-refractivity contribution is 7.21. The monoisotopic (exact) mass is 368 g/mol. The molecule has 1 N–H and O–H groups in total. The third kappa shape index (κ3) is 4.67. The number of aryl methyl sites for hydroxylation is 1. The number of esters is 1. The number of nitrogens with zero attached hydrogens (tertiary/aromatic N) is 1. The molecule has 3 rings (SSSR count). The van der Waals surface area contributed by atoms with Crippen LogP contribution in [-0.2, 0) is 14.3 Å². The molecule has 1 aromatic heterocycles. The van der Waals surface area contributed by atoms with E-state index in [-0.39, 0.29) is 18.5 Å². The predicted molar refractivity (Wildman–Crippen MR) is 104 cm³/mol. The number of nitrogens with one attached hydrogen (secondary N) is 1. The highest BCUT2D eigenvalue weighted by Crippen LogP contribution is 2.31. The van der Waals surface area contributed by atoms with Gasteiger partial charge in [0.05, 0.1) is 16.8 Å². The van der Waals surface area contributed by atoms with Gasteiger partial charge in [-0.1, -0.05) is 6.07 Å². The molecule has 0 saturated carbocycles. The molecule has 0 bridgehead atoms. The molecule has 134 valence electrons. The van der Waals surface area contributed by atoms with Gasteiger partial charge < -0.3 is 10.1 Å². The number of rotatable bonds is 6. The molecule has 3 aromatic rings. The van der Waals surface area contributed by atoms with Crippen molar-refractivity contribution < 1.29 is 14.3 Å². The number of hydrogen-bond donors (Lipinski definition) is 1. The minimum atomic E-state index is -0.328. The summed E-state index contributed by atoms with van der Waals surface area (Å²) in [7, 11) is 0. The lowest BCUT2D eigenvalue weighted by Crippen LogP contribution is -2.12. The zero-order chi connectivity index (χ0) is 18.5. The topological polar surface area (TPSA) is 68.3 Å². The Hall–Kier alpha value is -2.73. The summed E-state index contributed by atoms with van der Waals surface area (Å²) < 4.78 is 5.99. The van der Waals surface area contributed by atoms with Crippen molar-refractivity contribution in [3.63, 3.8) is 0 Å². The van der Waals surface area contributed by atoms with Gasteiger partial charge in [0.15, 0.2) is 0 Å². The van der Waals surface area contributed by atoms with Gasteiger partial charge in [0.2, 0.25) is 5.91 Å². The van der Waals surface area contributed by atoms with Crippen LogP contribution in [0.5, 0.6) is 0 Å². The minimum absolute atomic E-state index is 0.0969. The van der Waals surface area contributed by atoms with E-state index in [0.29, 0.717) is 12.8 Å². The summed E-state index contributed by atoms with van der Waals surface area (Å²) in [5.74, 6) is -0.425. The molecular formula is C20H20N2O3S. The second-order valence-electron chi connectivity index (χ2n) is 6.06. The van der Waals surface area contributed by atoms with E-state index in [9.17, 15) is 9.59 Å². The molecule has 0 fully saturated rings. The van der Waals surface area contributed by atoms with Crippen molar-refractivity contribution in [3.05, 3.63) is 48.0 Å². The predicted octanol–water partition coefficient (Wildman–Crippen LogP) is 4.55. The standard InChI is InChI=1S/C20H20N2O3S/c1-13-5-10-17-18(12-13)26-20(22-17)15-6-8-16(9-7-15)21-19(24)4-3-11-25-14(2)23/h5-10,12H,3-4,11H2,1-2H3,(H,21,24).